The van der Waals surface area contributed by atoms with Crippen molar-refractivity contribution in [1.82, 2.24) is 20.4 Å². The Labute approximate surface area is 111 Å². The zero-order valence-corrected chi connectivity index (χ0v) is 12.0. The standard InChI is InChI=1S/C12H18N4OS/c1-8-15-10(17-16-8)7-13-5-9-6-14-11(18-9)12(2,3)4/h6,13H,5,7H2,1-4H3. The van der Waals surface area contributed by atoms with Gasteiger partial charge in [0, 0.05) is 23.0 Å². The molecule has 5 nitrogen and oxygen atoms in total. The summed E-state index contributed by atoms with van der Waals surface area (Å²) in [6.07, 6.45) is 1.93. The lowest BCUT2D eigenvalue weighted by molar-refractivity contribution is 0.364. The quantitative estimate of drug-likeness (QED) is 0.920. The highest BCUT2D eigenvalue weighted by atomic mass is 32.1. The van der Waals surface area contributed by atoms with E-state index in [1.54, 1.807) is 11.3 Å². The van der Waals surface area contributed by atoms with E-state index < -0.39 is 0 Å². The van der Waals surface area contributed by atoms with Crippen molar-refractivity contribution in [1.29, 1.82) is 0 Å². The average Bonchev–Trinajstić information content (AvgIpc) is 2.87. The number of nitrogens with one attached hydrogen (secondary N) is 1. The fourth-order valence-electron chi connectivity index (χ4n) is 1.44. The Morgan fingerprint density at radius 2 is 2.11 bits per heavy atom. The zero-order valence-electron chi connectivity index (χ0n) is 11.1. The van der Waals surface area contributed by atoms with Gasteiger partial charge in [-0.05, 0) is 6.92 Å². The molecule has 2 rings (SSSR count). The third-order valence-corrected chi connectivity index (χ3v) is 3.76. The molecule has 0 saturated heterocycles. The van der Waals surface area contributed by atoms with Crippen molar-refractivity contribution >= 4 is 11.3 Å². The fraction of sp³-hybridized carbons (Fsp3) is 0.583. The van der Waals surface area contributed by atoms with Crippen LogP contribution >= 0.6 is 11.3 Å². The Kier molecular flexibility index (Phi) is 3.77. The molecule has 0 unspecified atom stereocenters. The Morgan fingerprint density at radius 3 is 2.67 bits per heavy atom. The second-order valence-corrected chi connectivity index (χ2v) is 6.34. The van der Waals surface area contributed by atoms with Crippen LogP contribution in [-0.4, -0.2) is 15.1 Å². The molecule has 1 N–H and O–H groups in total. The van der Waals surface area contributed by atoms with E-state index in [9.17, 15) is 0 Å². The van der Waals surface area contributed by atoms with E-state index in [0.29, 0.717) is 18.3 Å². The second kappa shape index (κ2) is 5.16. The highest BCUT2D eigenvalue weighted by Crippen LogP contribution is 2.26. The summed E-state index contributed by atoms with van der Waals surface area (Å²) in [5.41, 5.74) is 0.118. The summed E-state index contributed by atoms with van der Waals surface area (Å²) in [5.74, 6) is 1.28. The van der Waals surface area contributed by atoms with Crippen molar-refractivity contribution in [2.75, 3.05) is 0 Å². The topological polar surface area (TPSA) is 63.8 Å². The molecular weight excluding hydrogens is 248 g/mol. The first kappa shape index (κ1) is 13.2. The Hall–Kier alpha value is -1.27. The predicted octanol–water partition coefficient (Wildman–Crippen LogP) is 2.42. The van der Waals surface area contributed by atoms with Crippen LogP contribution in [0.4, 0.5) is 0 Å². The van der Waals surface area contributed by atoms with Crippen LogP contribution in [0.2, 0.25) is 0 Å². The maximum Gasteiger partial charge on any atom is 0.240 e. The average molecular weight is 266 g/mol. The van der Waals surface area contributed by atoms with Crippen LogP contribution in [0.5, 0.6) is 0 Å². The van der Waals surface area contributed by atoms with Crippen molar-refractivity contribution in [2.45, 2.75) is 46.2 Å². The summed E-state index contributed by atoms with van der Waals surface area (Å²) in [6, 6.07) is 0. The van der Waals surface area contributed by atoms with Crippen LogP contribution in [0.1, 0.15) is 42.4 Å². The van der Waals surface area contributed by atoms with Crippen molar-refractivity contribution in [3.8, 4) is 0 Å². The largest absolute Gasteiger partial charge is 0.338 e. The van der Waals surface area contributed by atoms with Gasteiger partial charge in [-0.1, -0.05) is 25.9 Å². The molecule has 2 heterocycles. The van der Waals surface area contributed by atoms with Crippen LogP contribution in [0.3, 0.4) is 0 Å². The fourth-order valence-corrected chi connectivity index (χ4v) is 2.38. The van der Waals surface area contributed by atoms with Gasteiger partial charge in [0.2, 0.25) is 5.89 Å². The molecule has 0 saturated carbocycles. The van der Waals surface area contributed by atoms with Gasteiger partial charge in [-0.15, -0.1) is 11.3 Å². The highest BCUT2D eigenvalue weighted by molar-refractivity contribution is 7.11. The zero-order chi connectivity index (χ0) is 13.2. The molecule has 0 aliphatic carbocycles. The Morgan fingerprint density at radius 1 is 1.33 bits per heavy atom. The highest BCUT2D eigenvalue weighted by Gasteiger charge is 2.17. The minimum atomic E-state index is 0.118. The molecule has 0 amide bonds. The van der Waals surface area contributed by atoms with E-state index in [2.05, 4.69) is 41.2 Å². The van der Waals surface area contributed by atoms with Gasteiger partial charge in [0.1, 0.15) is 0 Å². The van der Waals surface area contributed by atoms with Gasteiger partial charge in [-0.2, -0.15) is 4.98 Å². The van der Waals surface area contributed by atoms with Crippen LogP contribution < -0.4 is 5.32 Å². The lowest BCUT2D eigenvalue weighted by Gasteiger charge is -2.13. The molecule has 2 aromatic heterocycles. The summed E-state index contributed by atoms with van der Waals surface area (Å²) in [6.45, 7) is 9.68. The smallest absolute Gasteiger partial charge is 0.240 e. The number of thiazole rings is 1. The van der Waals surface area contributed by atoms with E-state index in [0.717, 1.165) is 11.6 Å². The lowest BCUT2D eigenvalue weighted by atomic mass is 9.98. The van der Waals surface area contributed by atoms with Gasteiger partial charge < -0.3 is 9.84 Å². The molecule has 0 aliphatic heterocycles. The maximum atomic E-state index is 5.03. The Balaban J connectivity index is 1.85. The van der Waals surface area contributed by atoms with Gasteiger partial charge in [-0.25, -0.2) is 4.98 Å². The maximum absolute atomic E-state index is 5.03. The van der Waals surface area contributed by atoms with Crippen LogP contribution in [0, 0.1) is 6.92 Å². The summed E-state index contributed by atoms with van der Waals surface area (Å²) in [7, 11) is 0. The lowest BCUT2D eigenvalue weighted by Crippen LogP contribution is -2.12. The molecule has 0 radical (unpaired) electrons. The first-order valence-corrected chi connectivity index (χ1v) is 6.72. The van der Waals surface area contributed by atoms with Crippen molar-refractivity contribution in [3.63, 3.8) is 0 Å². The van der Waals surface area contributed by atoms with Crippen molar-refractivity contribution in [2.24, 2.45) is 0 Å². The third-order valence-electron chi connectivity index (χ3n) is 2.34. The van der Waals surface area contributed by atoms with Gasteiger partial charge in [0.15, 0.2) is 5.82 Å². The summed E-state index contributed by atoms with van der Waals surface area (Å²) in [5, 5.41) is 8.17. The third kappa shape index (κ3) is 3.36. The molecule has 98 valence electrons. The van der Waals surface area contributed by atoms with Crippen molar-refractivity contribution in [3.05, 3.63) is 27.8 Å². The van der Waals surface area contributed by atoms with Gasteiger partial charge >= 0.3 is 0 Å². The van der Waals surface area contributed by atoms with Crippen molar-refractivity contribution < 1.29 is 4.52 Å². The summed E-state index contributed by atoms with van der Waals surface area (Å²) in [4.78, 5) is 9.80. The summed E-state index contributed by atoms with van der Waals surface area (Å²) >= 11 is 1.74. The van der Waals surface area contributed by atoms with Gasteiger partial charge in [0.05, 0.1) is 11.6 Å². The number of rotatable bonds is 4. The van der Waals surface area contributed by atoms with Crippen LogP contribution in [0.15, 0.2) is 10.7 Å². The molecule has 0 spiro atoms. The molecule has 0 aromatic carbocycles. The SMILES string of the molecule is Cc1noc(CNCc2cnc(C(C)(C)C)s2)n1. The summed E-state index contributed by atoms with van der Waals surface area (Å²) < 4.78 is 5.03. The number of nitrogens with zero attached hydrogens (tertiary/aromatic N) is 3. The van der Waals surface area contributed by atoms with E-state index in [4.69, 9.17) is 4.52 Å². The first-order chi connectivity index (χ1) is 8.45. The molecule has 6 heteroatoms. The minimum absolute atomic E-state index is 0.118. The molecular formula is C12H18N4OS. The molecule has 0 atom stereocenters. The number of hydrogen-bond donors (Lipinski definition) is 1. The minimum Gasteiger partial charge on any atom is -0.338 e. The number of aromatic nitrogens is 3. The van der Waals surface area contributed by atoms with Crippen LogP contribution in [-0.2, 0) is 18.5 Å². The predicted molar refractivity (Wildman–Crippen MR) is 70.4 cm³/mol. The number of aryl methyl sites for hydroxylation is 1. The number of hydrogen-bond acceptors (Lipinski definition) is 6. The first-order valence-electron chi connectivity index (χ1n) is 5.90. The van der Waals surface area contributed by atoms with E-state index >= 15 is 0 Å². The molecule has 2 aromatic rings. The molecule has 18 heavy (non-hydrogen) atoms. The van der Waals surface area contributed by atoms with Gasteiger partial charge in [-0.3, -0.25) is 0 Å². The van der Waals surface area contributed by atoms with Crippen LogP contribution in [0.25, 0.3) is 0 Å². The molecule has 0 aliphatic rings. The second-order valence-electron chi connectivity index (χ2n) is 5.22. The molecule has 0 fully saturated rings. The van der Waals surface area contributed by atoms with Gasteiger partial charge in [0.25, 0.3) is 0 Å². The Bertz CT molecular complexity index is 512. The van der Waals surface area contributed by atoms with E-state index in [-0.39, 0.29) is 5.41 Å². The monoisotopic (exact) mass is 266 g/mol. The van der Waals surface area contributed by atoms with E-state index in [1.165, 1.54) is 4.88 Å². The normalized spacial score (nSPS) is 12.0. The molecule has 0 bridgehead atoms. The van der Waals surface area contributed by atoms with E-state index in [1.807, 2.05) is 13.1 Å².